The molecule has 1 aromatic carbocycles. The van der Waals surface area contributed by atoms with Crippen LogP contribution in [-0.2, 0) is 4.74 Å². The van der Waals surface area contributed by atoms with Crippen LogP contribution in [0.15, 0.2) is 28.7 Å². The van der Waals surface area contributed by atoms with Gasteiger partial charge < -0.3 is 14.1 Å². The molecule has 25 heavy (non-hydrogen) atoms. The molecule has 2 heterocycles. The number of benzene rings is 1. The first-order chi connectivity index (χ1) is 12.0. The first kappa shape index (κ1) is 16.8. The van der Waals surface area contributed by atoms with Crippen molar-refractivity contribution < 1.29 is 23.7 Å². The molecule has 1 saturated heterocycles. The van der Waals surface area contributed by atoms with Crippen LogP contribution in [0.4, 0.5) is 5.69 Å². The number of ether oxygens (including phenoxy) is 1. The number of carbonyl (C=O) groups is 2. The number of hydrogen-bond donors (Lipinski definition) is 0. The molecule has 130 valence electrons. The number of amides is 1. The minimum atomic E-state index is -0.529. The molecule has 0 unspecified atom stereocenters. The van der Waals surface area contributed by atoms with Crippen LogP contribution in [0.3, 0.4) is 0 Å². The van der Waals surface area contributed by atoms with E-state index in [2.05, 4.69) is 0 Å². The van der Waals surface area contributed by atoms with Crippen LogP contribution in [-0.4, -0.2) is 48.3 Å². The van der Waals surface area contributed by atoms with Gasteiger partial charge in [0.25, 0.3) is 11.6 Å². The van der Waals surface area contributed by atoms with E-state index in [1.807, 2.05) is 0 Å². The fourth-order valence-electron chi connectivity index (χ4n) is 2.78. The Labute approximate surface area is 143 Å². The van der Waals surface area contributed by atoms with E-state index in [1.165, 1.54) is 12.1 Å². The van der Waals surface area contributed by atoms with Crippen LogP contribution < -0.4 is 0 Å². The van der Waals surface area contributed by atoms with Gasteiger partial charge in [-0.1, -0.05) is 0 Å². The zero-order chi connectivity index (χ0) is 18.0. The van der Waals surface area contributed by atoms with Crippen LogP contribution in [0, 0.1) is 17.0 Å². The Kier molecular flexibility index (Phi) is 4.62. The third-order valence-corrected chi connectivity index (χ3v) is 4.13. The van der Waals surface area contributed by atoms with E-state index in [4.69, 9.17) is 9.15 Å². The normalized spacial score (nSPS) is 14.4. The number of hydrogen-bond acceptors (Lipinski definition) is 6. The van der Waals surface area contributed by atoms with Crippen molar-refractivity contribution in [1.29, 1.82) is 0 Å². The molecular weight excluding hydrogens is 328 g/mol. The summed E-state index contributed by atoms with van der Waals surface area (Å²) in [5.74, 6) is 0.121. The summed E-state index contributed by atoms with van der Waals surface area (Å²) in [5, 5.41) is 11.4. The number of nitro benzene ring substituents is 1. The summed E-state index contributed by atoms with van der Waals surface area (Å²) < 4.78 is 10.6. The molecule has 1 aromatic heterocycles. The van der Waals surface area contributed by atoms with E-state index in [0.29, 0.717) is 49.5 Å². The van der Waals surface area contributed by atoms with E-state index in [0.717, 1.165) is 0 Å². The van der Waals surface area contributed by atoms with Crippen LogP contribution in [0.25, 0.3) is 11.3 Å². The molecule has 1 aliphatic heterocycles. The van der Waals surface area contributed by atoms with Crippen LogP contribution in [0.1, 0.15) is 26.5 Å². The molecule has 1 fully saturated rings. The summed E-state index contributed by atoms with van der Waals surface area (Å²) >= 11 is 0. The van der Waals surface area contributed by atoms with Crippen LogP contribution >= 0.6 is 0 Å². The molecule has 0 N–H and O–H groups in total. The topological polar surface area (TPSA) is 103 Å². The summed E-state index contributed by atoms with van der Waals surface area (Å²) in [6, 6.07) is 5.87. The SMILES string of the molecule is Cc1c(-c2ccc(C=O)o2)cc(C(=O)N2CCOCC2)cc1[N+](=O)[O-]. The quantitative estimate of drug-likeness (QED) is 0.479. The number of nitro groups is 1. The summed E-state index contributed by atoms with van der Waals surface area (Å²) in [7, 11) is 0. The third-order valence-electron chi connectivity index (χ3n) is 4.13. The lowest BCUT2D eigenvalue weighted by Crippen LogP contribution is -2.40. The van der Waals surface area contributed by atoms with E-state index in [-0.39, 0.29) is 22.9 Å². The van der Waals surface area contributed by atoms with Crippen molar-refractivity contribution in [1.82, 2.24) is 4.90 Å². The van der Waals surface area contributed by atoms with Crippen molar-refractivity contribution >= 4 is 17.9 Å². The Hall–Kier alpha value is -3.00. The maximum Gasteiger partial charge on any atom is 0.273 e. The zero-order valence-corrected chi connectivity index (χ0v) is 13.6. The zero-order valence-electron chi connectivity index (χ0n) is 13.6. The molecule has 0 aliphatic carbocycles. The number of furan rings is 1. The van der Waals surface area contributed by atoms with Gasteiger partial charge in [0.15, 0.2) is 12.0 Å². The Bertz CT molecular complexity index is 836. The van der Waals surface area contributed by atoms with E-state index in [9.17, 15) is 19.7 Å². The van der Waals surface area contributed by atoms with Gasteiger partial charge >= 0.3 is 0 Å². The second-order valence-corrected chi connectivity index (χ2v) is 5.65. The van der Waals surface area contributed by atoms with Gasteiger partial charge in [-0.05, 0) is 25.1 Å². The second kappa shape index (κ2) is 6.86. The lowest BCUT2D eigenvalue weighted by atomic mass is 10.00. The lowest BCUT2D eigenvalue weighted by molar-refractivity contribution is -0.385. The van der Waals surface area contributed by atoms with Crippen LogP contribution in [0.5, 0.6) is 0 Å². The minimum Gasteiger partial charge on any atom is -0.453 e. The molecule has 3 rings (SSSR count). The monoisotopic (exact) mass is 344 g/mol. The minimum absolute atomic E-state index is 0.113. The summed E-state index contributed by atoms with van der Waals surface area (Å²) in [6.45, 7) is 3.33. The lowest BCUT2D eigenvalue weighted by Gasteiger charge is -2.27. The van der Waals surface area contributed by atoms with Crippen LogP contribution in [0.2, 0.25) is 0 Å². The van der Waals surface area contributed by atoms with Crippen molar-refractivity contribution in [3.05, 3.63) is 51.3 Å². The number of aldehydes is 1. The maximum absolute atomic E-state index is 12.7. The van der Waals surface area contributed by atoms with Crippen molar-refractivity contribution in [3.63, 3.8) is 0 Å². The van der Waals surface area contributed by atoms with Gasteiger partial charge in [0.05, 0.1) is 18.1 Å². The number of rotatable bonds is 4. The summed E-state index contributed by atoms with van der Waals surface area (Å²) in [4.78, 5) is 36.0. The average molecular weight is 344 g/mol. The first-order valence-electron chi connectivity index (χ1n) is 7.72. The van der Waals surface area contributed by atoms with Gasteiger partial charge in [-0.2, -0.15) is 0 Å². The van der Waals surface area contributed by atoms with Crippen molar-refractivity contribution in [2.45, 2.75) is 6.92 Å². The average Bonchev–Trinajstić information content (AvgIpc) is 3.10. The number of carbonyl (C=O) groups excluding carboxylic acids is 2. The standard InChI is InChI=1S/C17H16N2O6/c1-11-14(16-3-2-13(10-20)25-16)8-12(9-15(11)19(22)23)17(21)18-4-6-24-7-5-18/h2-3,8-10H,4-7H2,1H3. The molecule has 8 nitrogen and oxygen atoms in total. The molecule has 0 saturated carbocycles. The molecule has 2 aromatic rings. The Morgan fingerprint density at radius 1 is 1.28 bits per heavy atom. The first-order valence-corrected chi connectivity index (χ1v) is 7.72. The molecule has 0 spiro atoms. The molecule has 0 atom stereocenters. The summed E-state index contributed by atoms with van der Waals surface area (Å²) in [6.07, 6.45) is 0.552. The van der Waals surface area contributed by atoms with Crippen molar-refractivity contribution in [2.75, 3.05) is 26.3 Å². The fourth-order valence-corrected chi connectivity index (χ4v) is 2.78. The molecule has 1 amide bonds. The van der Waals surface area contributed by atoms with E-state index >= 15 is 0 Å². The van der Waals surface area contributed by atoms with Crippen molar-refractivity contribution in [3.8, 4) is 11.3 Å². The largest absolute Gasteiger partial charge is 0.453 e. The van der Waals surface area contributed by atoms with Gasteiger partial charge in [0.1, 0.15) is 5.76 Å². The Morgan fingerprint density at radius 2 is 2.00 bits per heavy atom. The van der Waals surface area contributed by atoms with Gasteiger partial charge in [-0.3, -0.25) is 19.7 Å². The molecular formula is C17H16N2O6. The van der Waals surface area contributed by atoms with Crippen molar-refractivity contribution in [2.24, 2.45) is 0 Å². The molecule has 0 bridgehead atoms. The highest BCUT2D eigenvalue weighted by Gasteiger charge is 2.25. The molecule has 0 radical (unpaired) electrons. The van der Waals surface area contributed by atoms with Gasteiger partial charge in [-0.25, -0.2) is 0 Å². The highest BCUT2D eigenvalue weighted by atomic mass is 16.6. The van der Waals surface area contributed by atoms with Gasteiger partial charge in [-0.15, -0.1) is 0 Å². The highest BCUT2D eigenvalue weighted by Crippen LogP contribution is 2.33. The van der Waals surface area contributed by atoms with Gasteiger partial charge in [0.2, 0.25) is 0 Å². The number of nitrogens with zero attached hydrogens (tertiary/aromatic N) is 2. The van der Waals surface area contributed by atoms with E-state index in [1.54, 1.807) is 24.0 Å². The fraction of sp³-hybridized carbons (Fsp3) is 0.294. The third kappa shape index (κ3) is 3.29. The molecule has 1 aliphatic rings. The Morgan fingerprint density at radius 3 is 2.60 bits per heavy atom. The van der Waals surface area contributed by atoms with E-state index < -0.39 is 4.92 Å². The number of morpholine rings is 1. The molecule has 8 heteroatoms. The smallest absolute Gasteiger partial charge is 0.273 e. The Balaban J connectivity index is 2.08. The van der Waals surface area contributed by atoms with Gasteiger partial charge in [0, 0.05) is 35.8 Å². The predicted molar refractivity (Wildman–Crippen MR) is 87.6 cm³/mol. The summed E-state index contributed by atoms with van der Waals surface area (Å²) in [5.41, 5.74) is 0.825. The second-order valence-electron chi connectivity index (χ2n) is 5.65. The highest BCUT2D eigenvalue weighted by molar-refractivity contribution is 5.97. The predicted octanol–water partition coefficient (Wildman–Crippen LogP) is 2.45. The maximum atomic E-state index is 12.7.